The molecule has 1 aromatic rings. The molecule has 0 heterocycles. The second-order valence-corrected chi connectivity index (χ2v) is 3.22. The minimum atomic E-state index is -0.178. The standard InChI is InChI=1S/C9H7BrO.Ac/c1-7(6-11)8-2-4-9(10)5-3-8;/h2,4-5,7H,1H3;/q-2;. The van der Waals surface area contributed by atoms with Crippen LogP contribution >= 0.6 is 15.9 Å². The zero-order valence-electron chi connectivity index (χ0n) is 6.67. The maximum absolute atomic E-state index is 10.2. The van der Waals surface area contributed by atoms with Crippen LogP contribution in [0.15, 0.2) is 22.7 Å². The van der Waals surface area contributed by atoms with Crippen molar-refractivity contribution in [2.24, 2.45) is 0 Å². The molecule has 1 aromatic carbocycles. The van der Waals surface area contributed by atoms with Crippen molar-refractivity contribution in [3.05, 3.63) is 34.3 Å². The fourth-order valence-corrected chi connectivity index (χ4v) is 0.997. The van der Waals surface area contributed by atoms with Crippen molar-refractivity contribution in [2.45, 2.75) is 12.8 Å². The summed E-state index contributed by atoms with van der Waals surface area (Å²) in [5.41, 5.74) is 0.878. The van der Waals surface area contributed by atoms with E-state index in [0.29, 0.717) is 0 Å². The zero-order valence-corrected chi connectivity index (χ0v) is 13.0. The summed E-state index contributed by atoms with van der Waals surface area (Å²) in [4.78, 5) is 10.2. The molecule has 0 spiro atoms. The van der Waals surface area contributed by atoms with Crippen molar-refractivity contribution < 1.29 is 48.9 Å². The quantitative estimate of drug-likeness (QED) is 0.649. The van der Waals surface area contributed by atoms with Gasteiger partial charge in [-0.05, 0) is 0 Å². The minimum absolute atomic E-state index is 0. The van der Waals surface area contributed by atoms with Crippen LogP contribution in [0.4, 0.5) is 0 Å². The molecule has 0 N–H and O–H groups in total. The third kappa shape index (κ3) is 3.68. The van der Waals surface area contributed by atoms with Crippen LogP contribution in [0.2, 0.25) is 0 Å². The van der Waals surface area contributed by atoms with E-state index >= 15 is 0 Å². The Morgan fingerprint density at radius 2 is 2.25 bits per heavy atom. The van der Waals surface area contributed by atoms with Gasteiger partial charge in [0.25, 0.3) is 0 Å². The van der Waals surface area contributed by atoms with Gasteiger partial charge in [-0.1, -0.05) is 11.4 Å². The van der Waals surface area contributed by atoms with Gasteiger partial charge in [0, 0.05) is 44.1 Å². The molecule has 1 unspecified atom stereocenters. The fraction of sp³-hybridized carbons (Fsp3) is 0.222. The summed E-state index contributed by atoms with van der Waals surface area (Å²) in [5.74, 6) is -0.178. The molecule has 61 valence electrons. The molecule has 12 heavy (non-hydrogen) atoms. The molecule has 1 atom stereocenters. The second-order valence-electron chi connectivity index (χ2n) is 2.30. The number of rotatable bonds is 2. The summed E-state index contributed by atoms with van der Waals surface area (Å²) in [6, 6.07) is 8.52. The predicted molar refractivity (Wildman–Crippen MR) is 47.1 cm³/mol. The molecule has 0 amide bonds. The topological polar surface area (TPSA) is 17.1 Å². The third-order valence-corrected chi connectivity index (χ3v) is 1.94. The van der Waals surface area contributed by atoms with Crippen molar-refractivity contribution >= 4 is 22.2 Å². The summed E-state index contributed by atoms with van der Waals surface area (Å²) in [6.45, 7) is 1.80. The van der Waals surface area contributed by atoms with Crippen LogP contribution in [-0.2, 0) is 4.79 Å². The van der Waals surface area contributed by atoms with E-state index in [9.17, 15) is 4.79 Å². The van der Waals surface area contributed by atoms with Crippen LogP contribution in [0, 0.1) is 50.1 Å². The Hall–Kier alpha value is 0.812. The molecule has 1 nitrogen and oxygen atoms in total. The van der Waals surface area contributed by atoms with Gasteiger partial charge >= 0.3 is 0 Å². The Labute approximate surface area is 117 Å². The maximum atomic E-state index is 10.2. The summed E-state index contributed by atoms with van der Waals surface area (Å²) in [7, 11) is 0. The number of halogens is 1. The summed E-state index contributed by atoms with van der Waals surface area (Å²) >= 11 is 3.29. The summed E-state index contributed by atoms with van der Waals surface area (Å²) in [6.07, 6.45) is 1.90. The van der Waals surface area contributed by atoms with Crippen LogP contribution in [0.3, 0.4) is 0 Å². The van der Waals surface area contributed by atoms with E-state index in [-0.39, 0.29) is 50.0 Å². The normalized spacial score (nSPS) is 11.5. The Morgan fingerprint density at radius 3 is 2.67 bits per heavy atom. The van der Waals surface area contributed by atoms with Crippen molar-refractivity contribution in [1.82, 2.24) is 0 Å². The Balaban J connectivity index is 0.00000121. The first-order valence-electron chi connectivity index (χ1n) is 3.29. The molecular formula is C9H7AcBrO-2. The number of hydrogen-bond acceptors (Lipinski definition) is 1. The van der Waals surface area contributed by atoms with E-state index in [1.54, 1.807) is 13.0 Å². The van der Waals surface area contributed by atoms with E-state index in [4.69, 9.17) is 0 Å². The first kappa shape index (κ1) is 12.8. The molecule has 0 saturated heterocycles. The molecule has 0 aromatic heterocycles. The molecule has 3 heteroatoms. The second kappa shape index (κ2) is 6.29. The number of carbonyl (C=O) groups excluding carboxylic acids is 1. The van der Waals surface area contributed by atoms with E-state index in [2.05, 4.69) is 22.0 Å². The molecule has 0 saturated carbocycles. The Morgan fingerprint density at radius 1 is 1.58 bits per heavy atom. The van der Waals surface area contributed by atoms with Gasteiger partial charge in [-0.15, -0.1) is 21.8 Å². The van der Waals surface area contributed by atoms with Crippen LogP contribution in [0.25, 0.3) is 0 Å². The largest absolute Gasteiger partial charge is 0.541 e. The first-order valence-corrected chi connectivity index (χ1v) is 4.08. The molecule has 1 rings (SSSR count). The van der Waals surface area contributed by atoms with Gasteiger partial charge in [0.05, 0.1) is 0 Å². The maximum Gasteiger partial charge on any atom is 0 e. The summed E-state index contributed by atoms with van der Waals surface area (Å²) in [5, 5.41) is 0. The van der Waals surface area contributed by atoms with E-state index < -0.39 is 0 Å². The fourth-order valence-electron chi connectivity index (χ4n) is 0.751. The first-order chi connectivity index (χ1) is 5.24. The molecule has 0 bridgehead atoms. The van der Waals surface area contributed by atoms with Crippen LogP contribution in [0.5, 0.6) is 0 Å². The molecule has 1 radical (unpaired) electrons. The van der Waals surface area contributed by atoms with Gasteiger partial charge < -0.3 is 4.79 Å². The Kier molecular flexibility index (Phi) is 6.72. The summed E-state index contributed by atoms with van der Waals surface area (Å²) < 4.78 is 0.972. The zero-order chi connectivity index (χ0) is 8.27. The van der Waals surface area contributed by atoms with Crippen LogP contribution in [-0.4, -0.2) is 6.29 Å². The SMILES string of the molecule is CC([C-]=O)c1[c-]cc(Br)cc1.[Ac]. The van der Waals surface area contributed by atoms with Gasteiger partial charge in [0.15, 0.2) is 0 Å². The van der Waals surface area contributed by atoms with Gasteiger partial charge in [0.1, 0.15) is 0 Å². The van der Waals surface area contributed by atoms with Gasteiger partial charge in [0.2, 0.25) is 0 Å². The Bertz CT molecular complexity index is 245. The molecule has 0 aliphatic carbocycles. The minimum Gasteiger partial charge on any atom is -0.541 e. The smallest absolute Gasteiger partial charge is 0 e. The monoisotopic (exact) mass is 437 g/mol. The van der Waals surface area contributed by atoms with E-state index in [0.717, 1.165) is 10.0 Å². The van der Waals surface area contributed by atoms with Gasteiger partial charge in [-0.3, -0.25) is 6.29 Å². The van der Waals surface area contributed by atoms with Crippen molar-refractivity contribution in [2.75, 3.05) is 0 Å². The molecular weight excluding hydrogens is 431 g/mol. The third-order valence-electron chi connectivity index (χ3n) is 1.44. The van der Waals surface area contributed by atoms with Crippen molar-refractivity contribution in [1.29, 1.82) is 0 Å². The number of benzene rings is 1. The van der Waals surface area contributed by atoms with Crippen LogP contribution in [0.1, 0.15) is 18.4 Å². The predicted octanol–water partition coefficient (Wildman–Crippen LogP) is 2.46. The number of hydrogen-bond donors (Lipinski definition) is 0. The van der Waals surface area contributed by atoms with Gasteiger partial charge in [-0.25, -0.2) is 0 Å². The molecule has 0 aliphatic rings. The van der Waals surface area contributed by atoms with Crippen molar-refractivity contribution in [3.8, 4) is 0 Å². The molecule has 0 fully saturated rings. The van der Waals surface area contributed by atoms with Crippen molar-refractivity contribution in [3.63, 3.8) is 0 Å². The van der Waals surface area contributed by atoms with E-state index in [1.807, 2.05) is 18.4 Å². The van der Waals surface area contributed by atoms with E-state index in [1.165, 1.54) is 0 Å². The van der Waals surface area contributed by atoms with Crippen LogP contribution < -0.4 is 0 Å². The van der Waals surface area contributed by atoms with Gasteiger partial charge in [-0.2, -0.15) is 29.8 Å². The molecule has 0 aliphatic heterocycles. The average molecular weight is 438 g/mol. The average Bonchev–Trinajstić information content (AvgIpc) is 2.05.